The van der Waals surface area contributed by atoms with Crippen molar-refractivity contribution in [2.75, 3.05) is 5.75 Å². The van der Waals surface area contributed by atoms with Gasteiger partial charge in [0.05, 0.1) is 18.2 Å². The van der Waals surface area contributed by atoms with E-state index in [2.05, 4.69) is 16.0 Å². The molecule has 4 aromatic rings. The zero-order valence-electron chi connectivity index (χ0n) is 16.4. The quantitative estimate of drug-likeness (QED) is 0.231. The summed E-state index contributed by atoms with van der Waals surface area (Å²) < 4.78 is 2.01. The van der Waals surface area contributed by atoms with Crippen LogP contribution in [0.1, 0.15) is 40.1 Å². The lowest BCUT2D eigenvalue weighted by Crippen LogP contribution is -2.03. The van der Waals surface area contributed by atoms with Gasteiger partial charge in [-0.2, -0.15) is 5.26 Å². The molecule has 5 rings (SSSR count). The molecule has 0 spiro atoms. The topological polar surface area (TPSA) is 71.6 Å². The van der Waals surface area contributed by atoms with Crippen LogP contribution in [0.2, 0.25) is 0 Å². The van der Waals surface area contributed by atoms with Crippen molar-refractivity contribution >= 4 is 50.0 Å². The maximum absolute atomic E-state index is 13.1. The number of para-hydroxylation sites is 1. The van der Waals surface area contributed by atoms with Crippen LogP contribution in [0.5, 0.6) is 0 Å². The molecule has 1 aliphatic rings. The molecule has 0 atom stereocenters. The Morgan fingerprint density at radius 1 is 1.23 bits per heavy atom. The second kappa shape index (κ2) is 8.21. The van der Waals surface area contributed by atoms with Gasteiger partial charge in [0.15, 0.2) is 5.78 Å². The summed E-state index contributed by atoms with van der Waals surface area (Å²) in [4.78, 5) is 24.6. The molecule has 0 saturated heterocycles. The molecule has 3 aromatic heterocycles. The number of hydrogen-bond acceptors (Lipinski definition) is 6. The Kier molecular flexibility index (Phi) is 5.28. The third kappa shape index (κ3) is 3.40. The molecule has 1 aliphatic carbocycles. The zero-order chi connectivity index (χ0) is 20.5. The van der Waals surface area contributed by atoms with Crippen LogP contribution < -0.4 is 0 Å². The summed E-state index contributed by atoms with van der Waals surface area (Å²) in [6.07, 6.45) is 8.59. The normalized spacial score (nSPS) is 13.4. The molecular weight excluding hydrogens is 412 g/mol. The van der Waals surface area contributed by atoms with Gasteiger partial charge in [0.25, 0.3) is 0 Å². The molecular formula is C23H20N4OS2. The summed E-state index contributed by atoms with van der Waals surface area (Å²) in [5.41, 5.74) is 3.11. The van der Waals surface area contributed by atoms with Gasteiger partial charge in [-0.25, -0.2) is 9.97 Å². The van der Waals surface area contributed by atoms with E-state index in [1.165, 1.54) is 35.0 Å². The Hall–Kier alpha value is -2.69. The first-order chi connectivity index (χ1) is 14.8. The maximum Gasteiger partial charge on any atom is 0.175 e. The molecule has 5 nitrogen and oxygen atoms in total. The van der Waals surface area contributed by atoms with E-state index in [-0.39, 0.29) is 5.78 Å². The number of thioether (sulfide) groups is 1. The van der Waals surface area contributed by atoms with Gasteiger partial charge in [-0.1, -0.05) is 30.0 Å². The predicted octanol–water partition coefficient (Wildman–Crippen LogP) is 5.41. The SMILES string of the molecule is N#CCCn1cc(C(=O)CSc2ncnc3sc4c(c23)CCCC4)c2ccccc21. The molecule has 0 bridgehead atoms. The third-order valence-corrected chi connectivity index (χ3v) is 7.80. The molecule has 0 N–H and O–H groups in total. The zero-order valence-corrected chi connectivity index (χ0v) is 18.1. The molecule has 7 heteroatoms. The van der Waals surface area contributed by atoms with Crippen LogP contribution in [-0.4, -0.2) is 26.1 Å². The highest BCUT2D eigenvalue weighted by Gasteiger charge is 2.21. The molecule has 150 valence electrons. The molecule has 3 heterocycles. The largest absolute Gasteiger partial charge is 0.346 e. The van der Waals surface area contributed by atoms with Gasteiger partial charge in [0.2, 0.25) is 0 Å². The van der Waals surface area contributed by atoms with Crippen LogP contribution in [0.25, 0.3) is 21.1 Å². The summed E-state index contributed by atoms with van der Waals surface area (Å²) >= 11 is 3.29. The Balaban J connectivity index is 1.43. The Morgan fingerprint density at radius 3 is 3.00 bits per heavy atom. The standard InChI is InChI=1S/C23H20N4OS2/c24-10-5-11-27-12-17(15-6-1-3-8-18(15)27)19(28)13-29-22-21-16-7-2-4-9-20(16)30-23(21)26-14-25-22/h1,3,6,8,12,14H,2,4-5,7,9,11,13H2. The summed E-state index contributed by atoms with van der Waals surface area (Å²) in [5.74, 6) is 0.422. The van der Waals surface area contributed by atoms with Crippen LogP contribution in [0.4, 0.5) is 0 Å². The molecule has 30 heavy (non-hydrogen) atoms. The van der Waals surface area contributed by atoms with E-state index in [1.54, 1.807) is 17.7 Å². The van der Waals surface area contributed by atoms with Crippen molar-refractivity contribution in [2.24, 2.45) is 0 Å². The van der Waals surface area contributed by atoms with Gasteiger partial charge in [-0.05, 0) is 37.3 Å². The fourth-order valence-electron chi connectivity index (χ4n) is 4.21. The lowest BCUT2D eigenvalue weighted by Gasteiger charge is -2.11. The van der Waals surface area contributed by atoms with Gasteiger partial charge < -0.3 is 4.57 Å². The number of carbonyl (C=O) groups is 1. The van der Waals surface area contributed by atoms with Gasteiger partial charge in [-0.3, -0.25) is 4.79 Å². The van der Waals surface area contributed by atoms with E-state index in [1.807, 2.05) is 35.0 Å². The van der Waals surface area contributed by atoms with Gasteiger partial charge in [-0.15, -0.1) is 11.3 Å². The van der Waals surface area contributed by atoms with Crippen LogP contribution in [0.3, 0.4) is 0 Å². The number of Topliss-reactive ketones (excluding diaryl/α,β-unsaturated/α-hetero) is 1. The molecule has 0 unspecified atom stereocenters. The average Bonchev–Trinajstić information content (AvgIpc) is 3.35. The highest BCUT2D eigenvalue weighted by molar-refractivity contribution is 8.00. The van der Waals surface area contributed by atoms with Crippen molar-refractivity contribution in [2.45, 2.75) is 43.7 Å². The number of aromatic nitrogens is 3. The third-order valence-electron chi connectivity index (χ3n) is 5.61. The van der Waals surface area contributed by atoms with Crippen molar-refractivity contribution < 1.29 is 4.79 Å². The monoisotopic (exact) mass is 432 g/mol. The van der Waals surface area contributed by atoms with Crippen molar-refractivity contribution in [3.05, 3.63) is 52.8 Å². The smallest absolute Gasteiger partial charge is 0.175 e. The van der Waals surface area contributed by atoms with Crippen LogP contribution in [0, 0.1) is 11.3 Å². The Labute approximate surface area is 182 Å². The highest BCUT2D eigenvalue weighted by Crippen LogP contribution is 2.39. The molecule has 0 amide bonds. The van der Waals surface area contributed by atoms with Gasteiger partial charge in [0.1, 0.15) is 16.2 Å². The fraction of sp³-hybridized carbons (Fsp3) is 0.304. The minimum absolute atomic E-state index is 0.0859. The number of carbonyl (C=O) groups excluding carboxylic acids is 1. The summed E-state index contributed by atoms with van der Waals surface area (Å²) in [7, 11) is 0. The van der Waals surface area contributed by atoms with E-state index in [0.29, 0.717) is 24.3 Å². The molecule has 0 radical (unpaired) electrons. The summed E-state index contributed by atoms with van der Waals surface area (Å²) in [5, 5.41) is 12.0. The number of ketones is 1. The lowest BCUT2D eigenvalue weighted by atomic mass is 9.97. The number of nitriles is 1. The van der Waals surface area contributed by atoms with E-state index in [9.17, 15) is 4.79 Å². The minimum Gasteiger partial charge on any atom is -0.346 e. The first-order valence-electron chi connectivity index (χ1n) is 10.1. The van der Waals surface area contributed by atoms with Crippen molar-refractivity contribution in [1.29, 1.82) is 5.26 Å². The number of benzene rings is 1. The predicted molar refractivity (Wildman–Crippen MR) is 121 cm³/mol. The average molecular weight is 433 g/mol. The van der Waals surface area contributed by atoms with Crippen LogP contribution >= 0.6 is 23.1 Å². The van der Waals surface area contributed by atoms with Crippen molar-refractivity contribution in [3.8, 4) is 6.07 Å². The van der Waals surface area contributed by atoms with Gasteiger partial charge in [0, 0.05) is 39.5 Å². The van der Waals surface area contributed by atoms with Crippen LogP contribution in [-0.2, 0) is 19.4 Å². The second-order valence-corrected chi connectivity index (χ2v) is 9.49. The number of nitrogens with zero attached hydrogens (tertiary/aromatic N) is 4. The summed E-state index contributed by atoms with van der Waals surface area (Å²) in [6.45, 7) is 0.588. The number of hydrogen-bond donors (Lipinski definition) is 0. The van der Waals surface area contributed by atoms with Crippen molar-refractivity contribution in [1.82, 2.24) is 14.5 Å². The number of thiophene rings is 1. The van der Waals surface area contributed by atoms with E-state index >= 15 is 0 Å². The maximum atomic E-state index is 13.1. The Bertz CT molecular complexity index is 1300. The molecule has 0 saturated carbocycles. The summed E-state index contributed by atoms with van der Waals surface area (Å²) in [6, 6.07) is 10.1. The fourth-order valence-corrected chi connectivity index (χ4v) is 6.41. The lowest BCUT2D eigenvalue weighted by molar-refractivity contribution is 0.102. The van der Waals surface area contributed by atoms with E-state index in [0.717, 1.165) is 39.0 Å². The first-order valence-corrected chi connectivity index (χ1v) is 11.9. The highest BCUT2D eigenvalue weighted by atomic mass is 32.2. The van der Waals surface area contributed by atoms with Crippen molar-refractivity contribution in [3.63, 3.8) is 0 Å². The number of fused-ring (bicyclic) bond motifs is 4. The molecule has 1 aromatic carbocycles. The van der Waals surface area contributed by atoms with Crippen LogP contribution in [0.15, 0.2) is 41.8 Å². The first kappa shape index (κ1) is 19.3. The van der Waals surface area contributed by atoms with E-state index in [4.69, 9.17) is 5.26 Å². The number of aryl methyl sites for hydroxylation is 3. The van der Waals surface area contributed by atoms with Gasteiger partial charge >= 0.3 is 0 Å². The Morgan fingerprint density at radius 2 is 2.10 bits per heavy atom. The molecule has 0 aliphatic heterocycles. The van der Waals surface area contributed by atoms with E-state index < -0.39 is 0 Å². The second-order valence-electron chi connectivity index (χ2n) is 7.44. The molecule has 0 fully saturated rings. The minimum atomic E-state index is 0.0859. The number of rotatable bonds is 6.